The standard InChI is InChI=1S/C26H44O14/c27-8-18-20(33)21(34)24(40-25-22(35)19(32)15(31)9-36-25)26(39-18)38-17-7-13-14(30)5-12(29)6-16(13)37-23(17)10-1-3-11(28)4-2-10/h10-35H,1-9H2/t10?,11?,12?,13?,14?,15-,16?,17?,18-,19-,20-,21+,22-,23?,24-,25+,26-/m1/s1. The molecule has 3 heterocycles. The SMILES string of the molecule is OC[C@H]1O[C@@H](OC2CC3C(O)CC(O)CC3OC2C2CCC(O)CC2)[C@H](O[C@@H]2OC[C@@H](O)[C@@H](O)[C@H]2O)[C@@H](O)[C@@H]1O. The van der Waals surface area contributed by atoms with Crippen LogP contribution in [0.4, 0.5) is 0 Å². The summed E-state index contributed by atoms with van der Waals surface area (Å²) in [6, 6.07) is 0. The van der Waals surface area contributed by atoms with Gasteiger partial charge in [-0.1, -0.05) is 0 Å². The number of aliphatic hydroxyl groups is 9. The third-order valence-electron chi connectivity index (χ3n) is 9.28. The van der Waals surface area contributed by atoms with E-state index in [0.717, 1.165) is 0 Å². The zero-order chi connectivity index (χ0) is 28.7. The van der Waals surface area contributed by atoms with Crippen LogP contribution in [0.3, 0.4) is 0 Å². The molecule has 5 fully saturated rings. The van der Waals surface area contributed by atoms with E-state index in [1.165, 1.54) is 0 Å². The summed E-state index contributed by atoms with van der Waals surface area (Å²) in [4.78, 5) is 0. The molecule has 0 aromatic heterocycles. The topological polar surface area (TPSA) is 228 Å². The first-order valence-electron chi connectivity index (χ1n) is 14.4. The average molecular weight is 581 g/mol. The highest BCUT2D eigenvalue weighted by Crippen LogP contribution is 2.43. The second-order valence-corrected chi connectivity index (χ2v) is 12.0. The third-order valence-corrected chi connectivity index (χ3v) is 9.28. The van der Waals surface area contributed by atoms with Crippen LogP contribution in [-0.4, -0.2) is 151 Å². The van der Waals surface area contributed by atoms with Gasteiger partial charge in [-0.2, -0.15) is 0 Å². The molecular formula is C26H44O14. The molecule has 15 atom stereocenters. The molecule has 0 aromatic rings. The monoisotopic (exact) mass is 580 g/mol. The highest BCUT2D eigenvalue weighted by atomic mass is 16.8. The first-order chi connectivity index (χ1) is 19.1. The molecule has 3 saturated heterocycles. The van der Waals surface area contributed by atoms with Crippen LogP contribution in [0.5, 0.6) is 0 Å². The van der Waals surface area contributed by atoms with Crippen LogP contribution in [0.25, 0.3) is 0 Å². The molecule has 6 unspecified atom stereocenters. The van der Waals surface area contributed by atoms with Gasteiger partial charge < -0.3 is 69.6 Å². The van der Waals surface area contributed by atoms with Crippen molar-refractivity contribution in [3.05, 3.63) is 0 Å². The minimum absolute atomic E-state index is 0.00203. The van der Waals surface area contributed by atoms with Gasteiger partial charge in [-0.15, -0.1) is 0 Å². The Hall–Kier alpha value is -0.560. The van der Waals surface area contributed by atoms with Crippen molar-refractivity contribution in [2.45, 2.75) is 137 Å². The van der Waals surface area contributed by atoms with Crippen LogP contribution in [0.1, 0.15) is 44.9 Å². The van der Waals surface area contributed by atoms with Crippen molar-refractivity contribution in [2.75, 3.05) is 13.2 Å². The van der Waals surface area contributed by atoms with Crippen LogP contribution in [0.15, 0.2) is 0 Å². The van der Waals surface area contributed by atoms with Crippen LogP contribution >= 0.6 is 0 Å². The number of hydrogen-bond acceptors (Lipinski definition) is 14. The van der Waals surface area contributed by atoms with Gasteiger partial charge in [0, 0.05) is 5.92 Å². The van der Waals surface area contributed by atoms with Crippen molar-refractivity contribution in [3.63, 3.8) is 0 Å². The minimum Gasteiger partial charge on any atom is -0.394 e. The lowest BCUT2D eigenvalue weighted by Crippen LogP contribution is -2.64. The summed E-state index contributed by atoms with van der Waals surface area (Å²) in [6.07, 6.45) is -13.4. The van der Waals surface area contributed by atoms with E-state index in [-0.39, 0.29) is 24.9 Å². The maximum Gasteiger partial charge on any atom is 0.187 e. The molecule has 40 heavy (non-hydrogen) atoms. The molecule has 0 bridgehead atoms. The van der Waals surface area contributed by atoms with Gasteiger partial charge >= 0.3 is 0 Å². The van der Waals surface area contributed by atoms with Crippen molar-refractivity contribution in [2.24, 2.45) is 11.8 Å². The summed E-state index contributed by atoms with van der Waals surface area (Å²) in [5.41, 5.74) is 0. The van der Waals surface area contributed by atoms with Gasteiger partial charge in [-0.05, 0) is 50.9 Å². The molecule has 3 aliphatic heterocycles. The average Bonchev–Trinajstić information content (AvgIpc) is 2.93. The maximum atomic E-state index is 11.0. The van der Waals surface area contributed by atoms with E-state index in [1.54, 1.807) is 0 Å². The Labute approximate surface area is 232 Å². The molecule has 232 valence electrons. The van der Waals surface area contributed by atoms with Crippen molar-refractivity contribution in [3.8, 4) is 0 Å². The number of ether oxygens (including phenoxy) is 5. The molecule has 0 amide bonds. The largest absolute Gasteiger partial charge is 0.394 e. The van der Waals surface area contributed by atoms with Crippen LogP contribution < -0.4 is 0 Å². The Balaban J connectivity index is 1.38. The first kappa shape index (κ1) is 30.9. The maximum absolute atomic E-state index is 11.0. The Kier molecular flexibility index (Phi) is 10.0. The van der Waals surface area contributed by atoms with E-state index in [4.69, 9.17) is 23.7 Å². The van der Waals surface area contributed by atoms with Crippen molar-refractivity contribution in [1.82, 2.24) is 0 Å². The predicted octanol–water partition coefficient (Wildman–Crippen LogP) is -3.52. The van der Waals surface area contributed by atoms with Crippen molar-refractivity contribution in [1.29, 1.82) is 0 Å². The number of hydrogen-bond donors (Lipinski definition) is 9. The molecule has 2 saturated carbocycles. The lowest BCUT2D eigenvalue weighted by molar-refractivity contribution is -0.371. The lowest BCUT2D eigenvalue weighted by Gasteiger charge is -2.51. The van der Waals surface area contributed by atoms with Gasteiger partial charge in [0.25, 0.3) is 0 Å². The fourth-order valence-electron chi connectivity index (χ4n) is 6.91. The van der Waals surface area contributed by atoms with Crippen LogP contribution in [0, 0.1) is 11.8 Å². The molecule has 0 spiro atoms. The molecule has 14 heteroatoms. The molecule has 0 aromatic carbocycles. The van der Waals surface area contributed by atoms with E-state index in [2.05, 4.69) is 0 Å². The number of rotatable bonds is 6. The van der Waals surface area contributed by atoms with Crippen molar-refractivity contribution < 1.29 is 69.6 Å². The molecule has 14 nitrogen and oxygen atoms in total. The molecule has 5 rings (SSSR count). The van der Waals surface area contributed by atoms with Gasteiger partial charge in [0.2, 0.25) is 0 Å². The number of fused-ring (bicyclic) bond motifs is 1. The highest BCUT2D eigenvalue weighted by molar-refractivity contribution is 4.99. The zero-order valence-electron chi connectivity index (χ0n) is 22.2. The fourth-order valence-corrected chi connectivity index (χ4v) is 6.91. The van der Waals surface area contributed by atoms with Gasteiger partial charge in [0.1, 0.15) is 42.7 Å². The molecule has 0 radical (unpaired) electrons. The highest BCUT2D eigenvalue weighted by Gasteiger charge is 2.53. The van der Waals surface area contributed by atoms with Gasteiger partial charge in [0.05, 0.1) is 49.8 Å². The minimum atomic E-state index is -1.67. The number of aliphatic hydroxyl groups excluding tert-OH is 9. The first-order valence-corrected chi connectivity index (χ1v) is 14.4. The predicted molar refractivity (Wildman–Crippen MR) is 131 cm³/mol. The van der Waals surface area contributed by atoms with Crippen LogP contribution in [0.2, 0.25) is 0 Å². The molecule has 5 aliphatic rings. The van der Waals surface area contributed by atoms with E-state index in [1.807, 2.05) is 0 Å². The van der Waals surface area contributed by atoms with Gasteiger partial charge in [-0.3, -0.25) is 0 Å². The van der Waals surface area contributed by atoms with E-state index in [0.29, 0.717) is 38.5 Å². The summed E-state index contributed by atoms with van der Waals surface area (Å²) in [7, 11) is 0. The van der Waals surface area contributed by atoms with Gasteiger partial charge in [0.15, 0.2) is 12.6 Å². The van der Waals surface area contributed by atoms with Gasteiger partial charge in [-0.25, -0.2) is 0 Å². The van der Waals surface area contributed by atoms with E-state index >= 15 is 0 Å². The van der Waals surface area contributed by atoms with E-state index in [9.17, 15) is 46.0 Å². The summed E-state index contributed by atoms with van der Waals surface area (Å²) in [6.45, 7) is -0.983. The second-order valence-electron chi connectivity index (χ2n) is 12.0. The molecule has 9 N–H and O–H groups in total. The lowest BCUT2D eigenvalue weighted by atomic mass is 9.73. The Bertz CT molecular complexity index is 812. The summed E-state index contributed by atoms with van der Waals surface area (Å²) < 4.78 is 29.8. The Morgan fingerprint density at radius 1 is 0.650 bits per heavy atom. The smallest absolute Gasteiger partial charge is 0.187 e. The normalized spacial score (nSPS) is 54.1. The Morgan fingerprint density at radius 3 is 2.08 bits per heavy atom. The third kappa shape index (κ3) is 6.36. The fraction of sp³-hybridized carbons (Fsp3) is 1.00. The van der Waals surface area contributed by atoms with Crippen molar-refractivity contribution >= 4 is 0 Å². The van der Waals surface area contributed by atoms with Crippen LogP contribution in [-0.2, 0) is 23.7 Å². The summed E-state index contributed by atoms with van der Waals surface area (Å²) >= 11 is 0. The molecular weight excluding hydrogens is 536 g/mol. The molecule has 2 aliphatic carbocycles. The summed E-state index contributed by atoms with van der Waals surface area (Å²) in [5.74, 6) is -0.344. The summed E-state index contributed by atoms with van der Waals surface area (Å²) in [5, 5.41) is 92.6. The quantitative estimate of drug-likeness (QED) is 0.148. The second kappa shape index (κ2) is 13.0. The zero-order valence-corrected chi connectivity index (χ0v) is 22.2. The Morgan fingerprint density at radius 2 is 1.38 bits per heavy atom. The van der Waals surface area contributed by atoms with E-state index < -0.39 is 98.5 Å².